The lowest BCUT2D eigenvalue weighted by atomic mass is 10.2. The normalized spacial score (nSPS) is 10.7. The van der Waals surface area contributed by atoms with E-state index in [1.807, 2.05) is 17.5 Å². The Labute approximate surface area is 93.6 Å². The third-order valence-corrected chi connectivity index (χ3v) is 3.45. The third-order valence-electron chi connectivity index (χ3n) is 2.37. The van der Waals surface area contributed by atoms with E-state index in [2.05, 4.69) is 33.7 Å². The van der Waals surface area contributed by atoms with Crippen molar-refractivity contribution in [2.75, 3.05) is 6.54 Å². The van der Waals surface area contributed by atoms with Crippen molar-refractivity contribution in [1.29, 1.82) is 0 Å². The Bertz CT molecular complexity index is 392. The first-order valence-electron chi connectivity index (χ1n) is 5.07. The van der Waals surface area contributed by atoms with Gasteiger partial charge in [-0.1, -0.05) is 0 Å². The largest absolute Gasteiger partial charge is 0.347 e. The minimum absolute atomic E-state index is 0.865. The molecule has 0 aliphatic rings. The number of rotatable bonds is 5. The van der Waals surface area contributed by atoms with Gasteiger partial charge in [-0.05, 0) is 30.4 Å². The molecule has 15 heavy (non-hydrogen) atoms. The summed E-state index contributed by atoms with van der Waals surface area (Å²) in [5.74, 6) is 0. The fraction of sp³-hybridized carbons (Fsp3) is 0.364. The smallest absolute Gasteiger partial charge is 0.0922 e. The third kappa shape index (κ3) is 2.91. The fourth-order valence-electron chi connectivity index (χ4n) is 1.47. The highest BCUT2D eigenvalue weighted by Crippen LogP contribution is 2.15. The van der Waals surface area contributed by atoms with Crippen molar-refractivity contribution in [3.8, 4) is 0 Å². The summed E-state index contributed by atoms with van der Waals surface area (Å²) in [4.78, 5) is 8.52. The zero-order valence-electron chi connectivity index (χ0n) is 8.79. The molecule has 0 saturated carbocycles. The molecule has 0 aromatic carbocycles. The van der Waals surface area contributed by atoms with Crippen LogP contribution in [0.15, 0.2) is 24.0 Å². The van der Waals surface area contributed by atoms with Crippen LogP contribution in [0.2, 0.25) is 0 Å². The highest BCUT2D eigenvalue weighted by atomic mass is 32.1. The second kappa shape index (κ2) is 5.09. The van der Waals surface area contributed by atoms with Gasteiger partial charge in [0.05, 0.1) is 6.33 Å². The van der Waals surface area contributed by atoms with Crippen LogP contribution in [-0.4, -0.2) is 16.5 Å². The first-order valence-corrected chi connectivity index (χ1v) is 5.95. The number of nitrogens with zero attached hydrogens (tertiary/aromatic N) is 1. The van der Waals surface area contributed by atoms with Crippen LogP contribution in [0.25, 0.3) is 0 Å². The molecule has 0 spiro atoms. The van der Waals surface area contributed by atoms with Gasteiger partial charge >= 0.3 is 0 Å². The van der Waals surface area contributed by atoms with Crippen LogP contribution in [0.1, 0.15) is 16.1 Å². The van der Waals surface area contributed by atoms with Crippen LogP contribution in [0, 0.1) is 6.92 Å². The molecule has 2 aromatic heterocycles. The Morgan fingerprint density at radius 2 is 2.47 bits per heavy atom. The van der Waals surface area contributed by atoms with Gasteiger partial charge in [0.1, 0.15) is 0 Å². The van der Waals surface area contributed by atoms with E-state index in [4.69, 9.17) is 0 Å². The van der Waals surface area contributed by atoms with Crippen LogP contribution >= 0.6 is 11.3 Å². The Kier molecular flexibility index (Phi) is 3.53. The Hall–Kier alpha value is -1.13. The minimum atomic E-state index is 0.865. The number of hydrogen-bond acceptors (Lipinski definition) is 3. The van der Waals surface area contributed by atoms with E-state index in [9.17, 15) is 0 Å². The van der Waals surface area contributed by atoms with Gasteiger partial charge in [-0.25, -0.2) is 4.98 Å². The molecular weight excluding hydrogens is 206 g/mol. The van der Waals surface area contributed by atoms with Crippen LogP contribution < -0.4 is 5.32 Å². The predicted molar refractivity (Wildman–Crippen MR) is 63.1 cm³/mol. The lowest BCUT2D eigenvalue weighted by molar-refractivity contribution is 0.679. The summed E-state index contributed by atoms with van der Waals surface area (Å²) in [5, 5.41) is 5.54. The van der Waals surface area contributed by atoms with E-state index in [0.717, 1.165) is 25.2 Å². The molecule has 2 N–H and O–H groups in total. The lowest BCUT2D eigenvalue weighted by Gasteiger charge is -2.02. The maximum atomic E-state index is 3.97. The van der Waals surface area contributed by atoms with E-state index < -0.39 is 0 Å². The van der Waals surface area contributed by atoms with Crippen molar-refractivity contribution >= 4 is 11.3 Å². The van der Waals surface area contributed by atoms with Crippen LogP contribution in [0.3, 0.4) is 0 Å². The van der Waals surface area contributed by atoms with E-state index in [0.29, 0.717) is 0 Å². The van der Waals surface area contributed by atoms with Gasteiger partial charge < -0.3 is 10.3 Å². The number of thiophene rings is 1. The molecule has 0 amide bonds. The molecule has 4 heteroatoms. The second-order valence-corrected chi connectivity index (χ2v) is 4.53. The molecule has 0 bridgehead atoms. The van der Waals surface area contributed by atoms with E-state index in [-0.39, 0.29) is 0 Å². The molecule has 0 radical (unpaired) electrons. The molecule has 0 unspecified atom stereocenters. The monoisotopic (exact) mass is 221 g/mol. The van der Waals surface area contributed by atoms with Crippen molar-refractivity contribution < 1.29 is 0 Å². The van der Waals surface area contributed by atoms with Crippen molar-refractivity contribution in [2.45, 2.75) is 19.9 Å². The van der Waals surface area contributed by atoms with Gasteiger partial charge in [-0.3, -0.25) is 0 Å². The molecule has 0 atom stereocenters. The molecular formula is C11H15N3S. The molecule has 2 rings (SSSR count). The molecule has 2 heterocycles. The molecule has 0 saturated heterocycles. The fourth-order valence-corrected chi connectivity index (χ4v) is 2.38. The van der Waals surface area contributed by atoms with Gasteiger partial charge in [0, 0.05) is 29.9 Å². The number of hydrogen-bond donors (Lipinski definition) is 2. The molecule has 0 aliphatic heterocycles. The maximum Gasteiger partial charge on any atom is 0.0922 e. The van der Waals surface area contributed by atoms with Gasteiger partial charge in [-0.2, -0.15) is 0 Å². The van der Waals surface area contributed by atoms with Crippen LogP contribution in [0.4, 0.5) is 0 Å². The van der Waals surface area contributed by atoms with Crippen molar-refractivity contribution in [3.63, 3.8) is 0 Å². The maximum absolute atomic E-state index is 3.97. The summed E-state index contributed by atoms with van der Waals surface area (Å²) in [5.41, 5.74) is 2.54. The molecule has 0 fully saturated rings. The Morgan fingerprint density at radius 1 is 1.53 bits per heavy atom. The van der Waals surface area contributed by atoms with E-state index in [1.54, 1.807) is 6.33 Å². The average molecular weight is 221 g/mol. The summed E-state index contributed by atoms with van der Waals surface area (Å²) in [6, 6.07) is 2.18. The van der Waals surface area contributed by atoms with Gasteiger partial charge in [0.25, 0.3) is 0 Å². The molecule has 80 valence electrons. The first kappa shape index (κ1) is 10.4. The van der Waals surface area contributed by atoms with Gasteiger partial charge in [0.2, 0.25) is 0 Å². The minimum Gasteiger partial charge on any atom is -0.347 e. The number of aromatic nitrogens is 2. The second-order valence-electron chi connectivity index (χ2n) is 3.53. The number of aromatic amines is 1. The molecule has 3 nitrogen and oxygen atoms in total. The summed E-state index contributed by atoms with van der Waals surface area (Å²) in [6.45, 7) is 4.05. The number of H-pyrrole nitrogens is 1. The quantitative estimate of drug-likeness (QED) is 0.759. The topological polar surface area (TPSA) is 40.7 Å². The first-order chi connectivity index (χ1) is 7.36. The Morgan fingerprint density at radius 3 is 3.13 bits per heavy atom. The average Bonchev–Trinajstić information content (AvgIpc) is 2.85. The lowest BCUT2D eigenvalue weighted by Crippen LogP contribution is -2.16. The van der Waals surface area contributed by atoms with E-state index in [1.165, 1.54) is 10.4 Å². The zero-order valence-corrected chi connectivity index (χ0v) is 9.60. The summed E-state index contributed by atoms with van der Waals surface area (Å²) in [7, 11) is 0. The zero-order chi connectivity index (χ0) is 10.5. The van der Waals surface area contributed by atoms with Gasteiger partial charge in [0.15, 0.2) is 0 Å². The SMILES string of the molecule is Cc1ccsc1CCNCc1cnc[nH]1. The Balaban J connectivity index is 1.70. The summed E-state index contributed by atoms with van der Waals surface area (Å²) in [6.07, 6.45) is 4.67. The van der Waals surface area contributed by atoms with Gasteiger partial charge in [-0.15, -0.1) is 11.3 Å². The highest BCUT2D eigenvalue weighted by Gasteiger charge is 1.99. The summed E-state index contributed by atoms with van der Waals surface area (Å²) < 4.78 is 0. The van der Waals surface area contributed by atoms with Crippen molar-refractivity contribution in [3.05, 3.63) is 40.1 Å². The molecule has 0 aliphatic carbocycles. The predicted octanol–water partition coefficient (Wildman–Crippen LogP) is 2.11. The number of aryl methyl sites for hydroxylation is 1. The number of nitrogens with one attached hydrogen (secondary N) is 2. The van der Waals surface area contributed by atoms with Crippen LogP contribution in [-0.2, 0) is 13.0 Å². The van der Waals surface area contributed by atoms with E-state index >= 15 is 0 Å². The number of imidazole rings is 1. The van der Waals surface area contributed by atoms with Crippen molar-refractivity contribution in [2.24, 2.45) is 0 Å². The standard InChI is InChI=1S/C11H15N3S/c1-9-3-5-15-11(9)2-4-12-6-10-7-13-8-14-10/h3,5,7-8,12H,2,4,6H2,1H3,(H,13,14). The van der Waals surface area contributed by atoms with Crippen LogP contribution in [0.5, 0.6) is 0 Å². The summed E-state index contributed by atoms with van der Waals surface area (Å²) >= 11 is 1.84. The van der Waals surface area contributed by atoms with Crippen molar-refractivity contribution in [1.82, 2.24) is 15.3 Å². The highest BCUT2D eigenvalue weighted by molar-refractivity contribution is 7.10. The molecule has 2 aromatic rings.